The molecule has 18 heavy (non-hydrogen) atoms. The first-order valence-corrected chi connectivity index (χ1v) is 6.47. The molecule has 0 aliphatic rings. The Bertz CT molecular complexity index is 567. The highest BCUT2D eigenvalue weighted by atomic mass is 32.1. The second kappa shape index (κ2) is 5.46. The van der Waals surface area contributed by atoms with E-state index in [1.807, 2.05) is 18.2 Å². The van der Waals surface area contributed by atoms with E-state index in [1.165, 1.54) is 6.07 Å². The number of hydrogen-bond acceptors (Lipinski definition) is 3. The zero-order valence-corrected chi connectivity index (χ0v) is 10.8. The van der Waals surface area contributed by atoms with Crippen molar-refractivity contribution in [3.8, 4) is 0 Å². The number of hydrogen-bond donors (Lipinski definition) is 1. The van der Waals surface area contributed by atoms with Crippen LogP contribution in [0, 0.1) is 5.13 Å². The lowest BCUT2D eigenvalue weighted by atomic mass is 10.1. The summed E-state index contributed by atoms with van der Waals surface area (Å²) in [6.45, 7) is 2.04. The largest absolute Gasteiger partial charge is 0.368 e. The summed E-state index contributed by atoms with van der Waals surface area (Å²) in [5.41, 5.74) is 6.14. The summed E-state index contributed by atoms with van der Waals surface area (Å²) in [7, 11) is 0. The molecular weight excluding hydrogens is 253 g/mol. The minimum Gasteiger partial charge on any atom is -0.368 e. The number of benzene rings is 1. The van der Waals surface area contributed by atoms with Gasteiger partial charge in [-0.2, -0.15) is 4.39 Å². The van der Waals surface area contributed by atoms with Gasteiger partial charge >= 0.3 is 0 Å². The molecule has 0 saturated heterocycles. The second-order valence-corrected chi connectivity index (χ2v) is 5.12. The van der Waals surface area contributed by atoms with Crippen molar-refractivity contribution in [1.29, 1.82) is 0 Å². The number of carbonyl (C=O) groups excluding carboxylic acids is 1. The molecule has 0 fully saturated rings. The summed E-state index contributed by atoms with van der Waals surface area (Å²) < 4.78 is 19.3. The van der Waals surface area contributed by atoms with E-state index in [1.54, 1.807) is 6.92 Å². The van der Waals surface area contributed by atoms with E-state index >= 15 is 0 Å². The quantitative estimate of drug-likeness (QED) is 0.904. The van der Waals surface area contributed by atoms with Gasteiger partial charge in [-0.15, -0.1) is 11.3 Å². The molecule has 0 bridgehead atoms. The molecule has 0 aliphatic carbocycles. The smallest absolute Gasteiger partial charge is 0.246 e. The van der Waals surface area contributed by atoms with Crippen LogP contribution < -0.4 is 5.73 Å². The van der Waals surface area contributed by atoms with Crippen LogP contribution in [0.1, 0.15) is 12.5 Å². The van der Waals surface area contributed by atoms with E-state index in [2.05, 4.69) is 0 Å². The Morgan fingerprint density at radius 2 is 2.28 bits per heavy atom. The molecule has 5 heteroatoms. The van der Waals surface area contributed by atoms with Crippen molar-refractivity contribution in [3.05, 3.63) is 35.0 Å². The zero-order valence-electron chi connectivity index (χ0n) is 9.98. The number of carbonyl (C=O) groups is 1. The van der Waals surface area contributed by atoms with Crippen LogP contribution in [0.25, 0.3) is 10.1 Å². The fourth-order valence-corrected chi connectivity index (χ4v) is 2.42. The first kappa shape index (κ1) is 13.0. The first-order chi connectivity index (χ1) is 8.56. The highest BCUT2D eigenvalue weighted by molar-refractivity contribution is 7.17. The van der Waals surface area contributed by atoms with Crippen molar-refractivity contribution in [3.63, 3.8) is 0 Å². The Morgan fingerprint density at radius 1 is 1.50 bits per heavy atom. The number of thiophene rings is 1. The van der Waals surface area contributed by atoms with Crippen molar-refractivity contribution in [1.82, 2.24) is 0 Å². The van der Waals surface area contributed by atoms with Gasteiger partial charge in [0.25, 0.3) is 0 Å². The summed E-state index contributed by atoms with van der Waals surface area (Å²) in [5.74, 6) is -0.467. The zero-order chi connectivity index (χ0) is 13.1. The Labute approximate surface area is 108 Å². The summed E-state index contributed by atoms with van der Waals surface area (Å²) in [5, 5.41) is 0.721. The minimum atomic E-state index is -0.577. The molecule has 1 aromatic carbocycles. The minimum absolute atomic E-state index is 0.180. The van der Waals surface area contributed by atoms with Gasteiger partial charge in [0, 0.05) is 4.70 Å². The molecule has 0 aliphatic heterocycles. The van der Waals surface area contributed by atoms with E-state index in [-0.39, 0.29) is 5.13 Å². The SMILES string of the molecule is CC(OCCc1ccc2sc(F)cc2c1)C(N)=O. The van der Waals surface area contributed by atoms with Gasteiger partial charge in [-0.3, -0.25) is 4.79 Å². The average molecular weight is 267 g/mol. The number of nitrogens with two attached hydrogens (primary N) is 1. The van der Waals surface area contributed by atoms with Crippen LogP contribution in [0.2, 0.25) is 0 Å². The van der Waals surface area contributed by atoms with Crippen LogP contribution in [0.5, 0.6) is 0 Å². The monoisotopic (exact) mass is 267 g/mol. The van der Waals surface area contributed by atoms with Gasteiger partial charge in [0.2, 0.25) is 5.91 Å². The van der Waals surface area contributed by atoms with Crippen LogP contribution in [-0.2, 0) is 16.0 Å². The third-order valence-corrected chi connectivity index (χ3v) is 3.61. The highest BCUT2D eigenvalue weighted by Gasteiger charge is 2.08. The van der Waals surface area contributed by atoms with E-state index in [4.69, 9.17) is 10.5 Å². The predicted molar refractivity (Wildman–Crippen MR) is 70.1 cm³/mol. The van der Waals surface area contributed by atoms with Crippen molar-refractivity contribution in [2.24, 2.45) is 5.73 Å². The molecule has 2 rings (SSSR count). The second-order valence-electron chi connectivity index (χ2n) is 4.09. The predicted octanol–water partition coefficient (Wildman–Crippen LogP) is 2.47. The van der Waals surface area contributed by atoms with E-state index in [0.29, 0.717) is 13.0 Å². The molecule has 2 N–H and O–H groups in total. The molecule has 1 unspecified atom stereocenters. The molecular formula is C13H14FNO2S. The topological polar surface area (TPSA) is 52.3 Å². The number of halogens is 1. The standard InChI is InChI=1S/C13H14FNO2S/c1-8(13(15)16)17-5-4-9-2-3-11-10(6-9)7-12(14)18-11/h2-3,6-8H,4-5H2,1H3,(H2,15,16). The third kappa shape index (κ3) is 3.05. The van der Waals surface area contributed by atoms with Gasteiger partial charge in [0.05, 0.1) is 6.61 Å². The maximum atomic E-state index is 13.0. The lowest BCUT2D eigenvalue weighted by molar-refractivity contribution is -0.128. The molecule has 0 radical (unpaired) electrons. The fraction of sp³-hybridized carbons (Fsp3) is 0.308. The number of fused-ring (bicyclic) bond motifs is 1. The number of amides is 1. The van der Waals surface area contributed by atoms with Gasteiger partial charge in [0.1, 0.15) is 6.10 Å². The van der Waals surface area contributed by atoms with Gasteiger partial charge in [0.15, 0.2) is 5.13 Å². The van der Waals surface area contributed by atoms with Gasteiger partial charge in [-0.05, 0) is 36.4 Å². The number of rotatable bonds is 5. The molecule has 1 heterocycles. The Kier molecular flexibility index (Phi) is 3.93. The summed E-state index contributed by atoms with van der Waals surface area (Å²) in [4.78, 5) is 10.8. The molecule has 1 aromatic heterocycles. The van der Waals surface area contributed by atoms with Crippen LogP contribution in [0.15, 0.2) is 24.3 Å². The lowest BCUT2D eigenvalue weighted by Crippen LogP contribution is -2.28. The Morgan fingerprint density at radius 3 is 3.00 bits per heavy atom. The Balaban J connectivity index is 1.97. The van der Waals surface area contributed by atoms with Crippen molar-refractivity contribution < 1.29 is 13.9 Å². The van der Waals surface area contributed by atoms with Crippen LogP contribution >= 0.6 is 11.3 Å². The van der Waals surface area contributed by atoms with Gasteiger partial charge in [-0.25, -0.2) is 0 Å². The summed E-state index contributed by atoms with van der Waals surface area (Å²) in [6.07, 6.45) is 0.0951. The maximum Gasteiger partial charge on any atom is 0.246 e. The number of ether oxygens (including phenoxy) is 1. The molecule has 1 amide bonds. The molecule has 0 spiro atoms. The van der Waals surface area contributed by atoms with Crippen LogP contribution in [0.4, 0.5) is 4.39 Å². The van der Waals surface area contributed by atoms with Gasteiger partial charge < -0.3 is 10.5 Å². The van der Waals surface area contributed by atoms with Crippen molar-refractivity contribution in [2.75, 3.05) is 6.61 Å². The molecule has 96 valence electrons. The first-order valence-electron chi connectivity index (χ1n) is 5.65. The van der Waals surface area contributed by atoms with E-state index in [0.717, 1.165) is 27.0 Å². The average Bonchev–Trinajstić information content (AvgIpc) is 2.68. The van der Waals surface area contributed by atoms with E-state index < -0.39 is 12.0 Å². The fourth-order valence-electron chi connectivity index (χ4n) is 1.65. The van der Waals surface area contributed by atoms with E-state index in [9.17, 15) is 9.18 Å². The lowest BCUT2D eigenvalue weighted by Gasteiger charge is -2.09. The van der Waals surface area contributed by atoms with Crippen molar-refractivity contribution >= 4 is 27.3 Å². The highest BCUT2D eigenvalue weighted by Crippen LogP contribution is 2.25. The summed E-state index contributed by atoms with van der Waals surface area (Å²) in [6, 6.07) is 7.30. The van der Waals surface area contributed by atoms with Crippen molar-refractivity contribution in [2.45, 2.75) is 19.4 Å². The summed E-state index contributed by atoms with van der Waals surface area (Å²) >= 11 is 1.13. The molecule has 3 nitrogen and oxygen atoms in total. The van der Waals surface area contributed by atoms with Crippen LogP contribution in [-0.4, -0.2) is 18.6 Å². The van der Waals surface area contributed by atoms with Gasteiger partial charge in [-0.1, -0.05) is 12.1 Å². The number of primary amides is 1. The normalized spacial score (nSPS) is 12.8. The molecule has 2 aromatic rings. The molecule has 1 atom stereocenters. The maximum absolute atomic E-state index is 13.0. The Hall–Kier alpha value is -1.46. The third-order valence-electron chi connectivity index (χ3n) is 2.71. The van der Waals surface area contributed by atoms with Crippen LogP contribution in [0.3, 0.4) is 0 Å². The molecule has 0 saturated carbocycles.